The molecule has 0 bridgehead atoms. The van der Waals surface area contributed by atoms with E-state index in [2.05, 4.69) is 18.3 Å². The van der Waals surface area contributed by atoms with Gasteiger partial charge in [0.25, 0.3) is 0 Å². The Morgan fingerprint density at radius 3 is 2.78 bits per heavy atom. The molecule has 0 aromatic heterocycles. The third-order valence-corrected chi connectivity index (χ3v) is 4.93. The standard InChI is InChI=1S/C18H25N3O2/c1-13-7-5-6-11-20(13)18(23)19-14(2)17(22)21-12-10-15-8-3-4-9-16(15)21/h3-4,8-9,13-14H,5-7,10-12H2,1-2H3,(H,19,23). The summed E-state index contributed by atoms with van der Waals surface area (Å²) >= 11 is 0. The summed E-state index contributed by atoms with van der Waals surface area (Å²) in [6.07, 6.45) is 4.13. The highest BCUT2D eigenvalue weighted by Gasteiger charge is 2.30. The van der Waals surface area contributed by atoms with Gasteiger partial charge in [0.15, 0.2) is 0 Å². The van der Waals surface area contributed by atoms with Crippen LogP contribution in [0, 0.1) is 0 Å². The van der Waals surface area contributed by atoms with Crippen LogP contribution in [0.2, 0.25) is 0 Å². The lowest BCUT2D eigenvalue weighted by molar-refractivity contribution is -0.120. The summed E-state index contributed by atoms with van der Waals surface area (Å²) < 4.78 is 0. The van der Waals surface area contributed by atoms with Crippen molar-refractivity contribution in [3.63, 3.8) is 0 Å². The number of carbonyl (C=O) groups excluding carboxylic acids is 2. The van der Waals surface area contributed by atoms with Crippen LogP contribution >= 0.6 is 0 Å². The maximum Gasteiger partial charge on any atom is 0.318 e. The molecule has 1 aromatic rings. The molecule has 0 spiro atoms. The Hall–Kier alpha value is -2.04. The number of hydrogen-bond acceptors (Lipinski definition) is 2. The number of para-hydroxylation sites is 1. The van der Waals surface area contributed by atoms with Crippen molar-refractivity contribution in [2.24, 2.45) is 0 Å². The lowest BCUT2D eigenvalue weighted by Crippen LogP contribution is -2.53. The van der Waals surface area contributed by atoms with E-state index in [0.717, 1.165) is 31.5 Å². The van der Waals surface area contributed by atoms with Crippen molar-refractivity contribution >= 4 is 17.6 Å². The van der Waals surface area contributed by atoms with Gasteiger partial charge in [0.05, 0.1) is 0 Å². The summed E-state index contributed by atoms with van der Waals surface area (Å²) in [6.45, 7) is 5.32. The van der Waals surface area contributed by atoms with E-state index in [1.807, 2.05) is 23.1 Å². The average Bonchev–Trinajstić information content (AvgIpc) is 2.98. The summed E-state index contributed by atoms with van der Waals surface area (Å²) in [7, 11) is 0. The Labute approximate surface area is 137 Å². The number of urea groups is 1. The maximum atomic E-state index is 12.7. The largest absolute Gasteiger partial charge is 0.326 e. The predicted molar refractivity (Wildman–Crippen MR) is 90.5 cm³/mol. The molecule has 2 unspecified atom stereocenters. The molecule has 2 heterocycles. The minimum atomic E-state index is -0.511. The van der Waals surface area contributed by atoms with E-state index >= 15 is 0 Å². The number of nitrogens with one attached hydrogen (secondary N) is 1. The minimum absolute atomic E-state index is 0.0343. The number of amides is 3. The fourth-order valence-corrected chi connectivity index (χ4v) is 3.53. The molecule has 1 saturated heterocycles. The Balaban J connectivity index is 1.63. The molecule has 0 saturated carbocycles. The Morgan fingerprint density at radius 2 is 2.00 bits per heavy atom. The lowest BCUT2D eigenvalue weighted by atomic mass is 10.0. The van der Waals surface area contributed by atoms with Gasteiger partial charge in [-0.25, -0.2) is 4.79 Å². The smallest absolute Gasteiger partial charge is 0.318 e. The summed E-state index contributed by atoms with van der Waals surface area (Å²) in [5, 5.41) is 2.88. The van der Waals surface area contributed by atoms with Crippen LogP contribution in [0.3, 0.4) is 0 Å². The third kappa shape index (κ3) is 3.19. The van der Waals surface area contributed by atoms with Gasteiger partial charge >= 0.3 is 6.03 Å². The van der Waals surface area contributed by atoms with Crippen LogP contribution in [-0.2, 0) is 11.2 Å². The molecule has 1 N–H and O–H groups in total. The Kier molecular flexibility index (Phi) is 4.55. The predicted octanol–water partition coefficient (Wildman–Crippen LogP) is 2.55. The van der Waals surface area contributed by atoms with Gasteiger partial charge in [-0.2, -0.15) is 0 Å². The minimum Gasteiger partial charge on any atom is -0.326 e. The first kappa shape index (κ1) is 15.8. The second-order valence-corrected chi connectivity index (χ2v) is 6.58. The maximum absolute atomic E-state index is 12.7. The number of benzene rings is 1. The molecule has 5 heteroatoms. The topological polar surface area (TPSA) is 52.7 Å². The van der Waals surface area contributed by atoms with Crippen LogP contribution in [0.15, 0.2) is 24.3 Å². The first-order chi connectivity index (χ1) is 11.1. The second-order valence-electron chi connectivity index (χ2n) is 6.58. The van der Waals surface area contributed by atoms with Crippen molar-refractivity contribution < 1.29 is 9.59 Å². The van der Waals surface area contributed by atoms with E-state index in [0.29, 0.717) is 6.54 Å². The summed E-state index contributed by atoms with van der Waals surface area (Å²) in [6, 6.07) is 7.59. The van der Waals surface area contributed by atoms with E-state index in [9.17, 15) is 9.59 Å². The molecule has 1 fully saturated rings. The Bertz CT molecular complexity index is 602. The molecule has 0 aliphatic carbocycles. The highest BCUT2D eigenvalue weighted by Crippen LogP contribution is 2.28. The van der Waals surface area contributed by atoms with Gasteiger partial charge in [0.2, 0.25) is 5.91 Å². The number of carbonyl (C=O) groups is 2. The number of piperidine rings is 1. The first-order valence-corrected chi connectivity index (χ1v) is 8.54. The van der Waals surface area contributed by atoms with Crippen molar-refractivity contribution in [3.05, 3.63) is 29.8 Å². The molecule has 0 radical (unpaired) electrons. The zero-order chi connectivity index (χ0) is 16.4. The molecule has 3 rings (SSSR count). The van der Waals surface area contributed by atoms with Crippen LogP contribution in [0.25, 0.3) is 0 Å². The molecule has 124 valence electrons. The van der Waals surface area contributed by atoms with Crippen molar-refractivity contribution in [3.8, 4) is 0 Å². The van der Waals surface area contributed by atoms with E-state index in [1.165, 1.54) is 12.0 Å². The number of rotatable bonds is 2. The van der Waals surface area contributed by atoms with E-state index < -0.39 is 6.04 Å². The summed E-state index contributed by atoms with van der Waals surface area (Å²) in [5.41, 5.74) is 2.17. The molecule has 5 nitrogen and oxygen atoms in total. The zero-order valence-electron chi connectivity index (χ0n) is 13.9. The molecular weight excluding hydrogens is 290 g/mol. The van der Waals surface area contributed by atoms with Gasteiger partial charge in [0, 0.05) is 24.8 Å². The van der Waals surface area contributed by atoms with Gasteiger partial charge in [-0.3, -0.25) is 4.79 Å². The quantitative estimate of drug-likeness (QED) is 0.912. The van der Waals surface area contributed by atoms with Crippen LogP contribution in [0.1, 0.15) is 38.7 Å². The normalized spacial score (nSPS) is 21.7. The van der Waals surface area contributed by atoms with E-state index in [-0.39, 0.29) is 18.0 Å². The lowest BCUT2D eigenvalue weighted by Gasteiger charge is -2.34. The van der Waals surface area contributed by atoms with Gasteiger partial charge in [0.1, 0.15) is 6.04 Å². The molecule has 23 heavy (non-hydrogen) atoms. The van der Waals surface area contributed by atoms with Crippen molar-refractivity contribution in [2.75, 3.05) is 18.0 Å². The van der Waals surface area contributed by atoms with E-state index in [4.69, 9.17) is 0 Å². The molecule has 3 amide bonds. The molecule has 2 atom stereocenters. The number of fused-ring (bicyclic) bond motifs is 1. The van der Waals surface area contributed by atoms with E-state index in [1.54, 1.807) is 11.8 Å². The number of likely N-dealkylation sites (tertiary alicyclic amines) is 1. The fraction of sp³-hybridized carbons (Fsp3) is 0.556. The first-order valence-electron chi connectivity index (χ1n) is 8.54. The molecule has 1 aromatic carbocycles. The summed E-state index contributed by atoms with van der Waals surface area (Å²) in [5.74, 6) is -0.0343. The van der Waals surface area contributed by atoms with Gasteiger partial charge in [-0.05, 0) is 51.2 Å². The highest BCUT2D eigenvalue weighted by molar-refractivity contribution is 6.00. The van der Waals surface area contributed by atoms with Gasteiger partial charge in [-0.15, -0.1) is 0 Å². The number of nitrogens with zero attached hydrogens (tertiary/aromatic N) is 2. The van der Waals surface area contributed by atoms with Gasteiger partial charge < -0.3 is 15.1 Å². The van der Waals surface area contributed by atoms with Crippen LogP contribution in [0.5, 0.6) is 0 Å². The number of hydrogen-bond donors (Lipinski definition) is 1. The van der Waals surface area contributed by atoms with Crippen LogP contribution < -0.4 is 10.2 Å². The third-order valence-electron chi connectivity index (χ3n) is 4.93. The van der Waals surface area contributed by atoms with Crippen molar-refractivity contribution in [1.82, 2.24) is 10.2 Å². The van der Waals surface area contributed by atoms with Crippen LogP contribution in [0.4, 0.5) is 10.5 Å². The van der Waals surface area contributed by atoms with Crippen LogP contribution in [-0.4, -0.2) is 42.0 Å². The van der Waals surface area contributed by atoms with Crippen molar-refractivity contribution in [1.29, 1.82) is 0 Å². The SMILES string of the molecule is CC(NC(=O)N1CCCCC1C)C(=O)N1CCc2ccccc21. The zero-order valence-corrected chi connectivity index (χ0v) is 13.9. The second kappa shape index (κ2) is 6.60. The van der Waals surface area contributed by atoms with Gasteiger partial charge in [-0.1, -0.05) is 18.2 Å². The average molecular weight is 315 g/mol. The molecule has 2 aliphatic rings. The number of anilines is 1. The highest BCUT2D eigenvalue weighted by atomic mass is 16.2. The fourth-order valence-electron chi connectivity index (χ4n) is 3.53. The van der Waals surface area contributed by atoms with Crippen molar-refractivity contribution in [2.45, 2.75) is 51.6 Å². The Morgan fingerprint density at radius 1 is 1.22 bits per heavy atom. The molecule has 2 aliphatic heterocycles. The molecular formula is C18H25N3O2. The summed E-state index contributed by atoms with van der Waals surface area (Å²) in [4.78, 5) is 28.8. The monoisotopic (exact) mass is 315 g/mol.